The second-order valence-electron chi connectivity index (χ2n) is 10.8. The van der Waals surface area contributed by atoms with Gasteiger partial charge in [0.1, 0.15) is 5.60 Å². The van der Waals surface area contributed by atoms with Crippen molar-refractivity contribution in [2.45, 2.75) is 64.4 Å². The van der Waals surface area contributed by atoms with Gasteiger partial charge in [0, 0.05) is 15.7 Å². The standard InChI is InChI=1S/C27H32O5S/c1-25-10-7-18(28)14-17(25)5-6-20-21(25)8-11-26(2)22(20)9-12-27(26,31)23(29)16-32-24(30)15-19-4-3-13-33-19/h3-4,7,10,13-14,20-22,31H,5-6,8-9,11-12,15-16H2,1-2H3/t20-,21+,22-,25+,26-,27+/m1/s1. The quantitative estimate of drug-likeness (QED) is 0.646. The molecule has 0 saturated heterocycles. The Hall–Kier alpha value is -2.05. The minimum Gasteiger partial charge on any atom is -0.457 e. The van der Waals surface area contributed by atoms with Crippen molar-refractivity contribution in [3.63, 3.8) is 0 Å². The van der Waals surface area contributed by atoms with Gasteiger partial charge in [-0.3, -0.25) is 14.4 Å². The van der Waals surface area contributed by atoms with Crippen LogP contribution in [0.3, 0.4) is 0 Å². The highest BCUT2D eigenvalue weighted by atomic mass is 32.1. The van der Waals surface area contributed by atoms with E-state index in [1.54, 1.807) is 6.08 Å². The van der Waals surface area contributed by atoms with Crippen LogP contribution in [0.4, 0.5) is 0 Å². The number of Topliss-reactive ketones (excluding diaryl/α,β-unsaturated/α-hetero) is 1. The van der Waals surface area contributed by atoms with Crippen molar-refractivity contribution < 1.29 is 24.2 Å². The fourth-order valence-electron chi connectivity index (χ4n) is 7.54. The largest absolute Gasteiger partial charge is 0.457 e. The van der Waals surface area contributed by atoms with E-state index in [1.165, 1.54) is 16.9 Å². The molecule has 4 aliphatic carbocycles. The minimum atomic E-state index is -1.46. The summed E-state index contributed by atoms with van der Waals surface area (Å²) >= 11 is 1.48. The van der Waals surface area contributed by atoms with Gasteiger partial charge in [0.2, 0.25) is 5.78 Å². The highest BCUT2D eigenvalue weighted by Gasteiger charge is 2.66. The average molecular weight is 469 g/mol. The van der Waals surface area contributed by atoms with Crippen LogP contribution < -0.4 is 0 Å². The summed E-state index contributed by atoms with van der Waals surface area (Å²) in [6.07, 6.45) is 10.6. The minimum absolute atomic E-state index is 0.0797. The maximum absolute atomic E-state index is 13.2. The second kappa shape index (κ2) is 8.02. The van der Waals surface area contributed by atoms with Crippen molar-refractivity contribution in [1.29, 1.82) is 0 Å². The molecule has 0 unspecified atom stereocenters. The Morgan fingerprint density at radius 1 is 1.18 bits per heavy atom. The Morgan fingerprint density at radius 2 is 1.97 bits per heavy atom. The van der Waals surface area contributed by atoms with E-state index in [-0.39, 0.29) is 35.9 Å². The monoisotopic (exact) mass is 468 g/mol. The number of fused-ring (bicyclic) bond motifs is 5. The third-order valence-corrected chi connectivity index (χ3v) is 10.3. The molecule has 6 heteroatoms. The number of thiophene rings is 1. The van der Waals surface area contributed by atoms with E-state index < -0.39 is 17.0 Å². The van der Waals surface area contributed by atoms with Gasteiger partial charge < -0.3 is 9.84 Å². The molecule has 176 valence electrons. The van der Waals surface area contributed by atoms with Crippen LogP contribution in [0.15, 0.2) is 41.3 Å². The average Bonchev–Trinajstić information content (AvgIpc) is 3.39. The van der Waals surface area contributed by atoms with Gasteiger partial charge in [-0.25, -0.2) is 0 Å². The lowest BCUT2D eigenvalue weighted by Gasteiger charge is -2.57. The predicted octanol–water partition coefficient (Wildman–Crippen LogP) is 4.44. The second-order valence-corrected chi connectivity index (χ2v) is 11.8. The highest BCUT2D eigenvalue weighted by molar-refractivity contribution is 7.10. The lowest BCUT2D eigenvalue weighted by atomic mass is 9.47. The molecular formula is C27H32O5S. The Kier molecular flexibility index (Phi) is 5.52. The Bertz CT molecular complexity index is 1040. The summed E-state index contributed by atoms with van der Waals surface area (Å²) in [4.78, 5) is 38.3. The van der Waals surface area contributed by atoms with Gasteiger partial charge in [0.15, 0.2) is 12.4 Å². The van der Waals surface area contributed by atoms with Crippen molar-refractivity contribution in [2.24, 2.45) is 28.6 Å². The first kappa shape index (κ1) is 22.7. The van der Waals surface area contributed by atoms with Crippen LogP contribution in [0, 0.1) is 28.6 Å². The van der Waals surface area contributed by atoms with Crippen LogP contribution >= 0.6 is 11.3 Å². The molecule has 0 aliphatic heterocycles. The lowest BCUT2D eigenvalue weighted by molar-refractivity contribution is -0.168. The number of hydrogen-bond acceptors (Lipinski definition) is 6. The smallest absolute Gasteiger partial charge is 0.311 e. The van der Waals surface area contributed by atoms with Crippen LogP contribution in [0.1, 0.15) is 57.2 Å². The van der Waals surface area contributed by atoms with Crippen molar-refractivity contribution in [3.05, 3.63) is 46.2 Å². The van der Waals surface area contributed by atoms with E-state index in [1.807, 2.05) is 23.6 Å². The summed E-state index contributed by atoms with van der Waals surface area (Å²) in [5.74, 6) is 0.354. The maximum atomic E-state index is 13.2. The zero-order valence-corrected chi connectivity index (χ0v) is 20.2. The van der Waals surface area contributed by atoms with Crippen LogP contribution in [-0.4, -0.2) is 34.9 Å². The van der Waals surface area contributed by atoms with Gasteiger partial charge in [0.05, 0.1) is 6.42 Å². The van der Waals surface area contributed by atoms with E-state index >= 15 is 0 Å². The van der Waals surface area contributed by atoms with Crippen LogP contribution in [-0.2, 0) is 25.5 Å². The van der Waals surface area contributed by atoms with Gasteiger partial charge in [-0.2, -0.15) is 0 Å². The van der Waals surface area contributed by atoms with E-state index in [4.69, 9.17) is 4.74 Å². The van der Waals surface area contributed by atoms with Gasteiger partial charge in [-0.15, -0.1) is 11.3 Å². The number of allylic oxidation sites excluding steroid dienone is 4. The number of carbonyl (C=O) groups is 3. The Morgan fingerprint density at radius 3 is 2.73 bits per heavy atom. The van der Waals surface area contributed by atoms with Crippen LogP contribution in [0.2, 0.25) is 0 Å². The molecule has 33 heavy (non-hydrogen) atoms. The molecule has 1 N–H and O–H groups in total. The SMILES string of the molecule is C[C@]12C=CC(=O)C=C1CC[C@H]1[C@H]3CC[C@](O)(C(=O)COC(=O)Cc4cccs4)[C@]3(C)CC[C@@H]12. The fraction of sp³-hybridized carbons (Fsp3) is 0.593. The van der Waals surface area contributed by atoms with Gasteiger partial charge in [0.25, 0.3) is 0 Å². The van der Waals surface area contributed by atoms with E-state index in [0.717, 1.165) is 37.0 Å². The first-order chi connectivity index (χ1) is 15.7. The molecule has 3 saturated carbocycles. The highest BCUT2D eigenvalue weighted by Crippen LogP contribution is 2.67. The number of esters is 1. The van der Waals surface area contributed by atoms with Gasteiger partial charge in [-0.1, -0.05) is 31.6 Å². The molecule has 6 atom stereocenters. The van der Waals surface area contributed by atoms with Crippen LogP contribution in [0.25, 0.3) is 0 Å². The van der Waals surface area contributed by atoms with Gasteiger partial charge >= 0.3 is 5.97 Å². The van der Waals surface area contributed by atoms with Crippen molar-refractivity contribution >= 4 is 28.9 Å². The molecular weight excluding hydrogens is 436 g/mol. The van der Waals surface area contributed by atoms with E-state index in [2.05, 4.69) is 19.9 Å². The summed E-state index contributed by atoms with van der Waals surface area (Å²) in [7, 11) is 0. The van der Waals surface area contributed by atoms with E-state index in [9.17, 15) is 19.5 Å². The summed E-state index contributed by atoms with van der Waals surface area (Å²) in [6.45, 7) is 3.95. The molecule has 1 heterocycles. The Labute approximate surface area is 198 Å². The topological polar surface area (TPSA) is 80.7 Å². The molecule has 0 bridgehead atoms. The van der Waals surface area contributed by atoms with Gasteiger partial charge in [-0.05, 0) is 79.9 Å². The van der Waals surface area contributed by atoms with Crippen molar-refractivity contribution in [2.75, 3.05) is 6.61 Å². The number of rotatable bonds is 5. The molecule has 0 aromatic carbocycles. The Balaban J connectivity index is 1.30. The molecule has 0 radical (unpaired) electrons. The number of ether oxygens (including phenoxy) is 1. The van der Waals surface area contributed by atoms with Crippen molar-refractivity contribution in [1.82, 2.24) is 0 Å². The molecule has 1 aromatic rings. The summed E-state index contributed by atoms with van der Waals surface area (Å²) in [5.41, 5.74) is -0.847. The first-order valence-electron chi connectivity index (χ1n) is 12.1. The predicted molar refractivity (Wildman–Crippen MR) is 126 cm³/mol. The molecule has 5 rings (SSSR count). The zero-order valence-electron chi connectivity index (χ0n) is 19.3. The summed E-state index contributed by atoms with van der Waals surface area (Å²) in [6, 6.07) is 3.74. The van der Waals surface area contributed by atoms with Crippen LogP contribution in [0.5, 0.6) is 0 Å². The molecule has 5 nitrogen and oxygen atoms in total. The molecule has 0 spiro atoms. The number of hydrogen-bond donors (Lipinski definition) is 1. The maximum Gasteiger partial charge on any atom is 0.311 e. The normalized spacial score (nSPS) is 39.3. The zero-order chi connectivity index (χ0) is 23.4. The third-order valence-electron chi connectivity index (χ3n) is 9.43. The van der Waals surface area contributed by atoms with Crippen molar-refractivity contribution in [3.8, 4) is 0 Å². The molecule has 3 fully saturated rings. The lowest BCUT2D eigenvalue weighted by Crippen LogP contribution is -2.58. The third kappa shape index (κ3) is 3.48. The summed E-state index contributed by atoms with van der Waals surface area (Å²) < 4.78 is 5.29. The molecule has 1 aromatic heterocycles. The number of aliphatic hydroxyl groups is 1. The fourth-order valence-corrected chi connectivity index (χ4v) is 8.23. The molecule has 0 amide bonds. The molecule has 4 aliphatic rings. The van der Waals surface area contributed by atoms with E-state index in [0.29, 0.717) is 18.3 Å². The number of ketones is 2. The summed E-state index contributed by atoms with van der Waals surface area (Å²) in [5, 5.41) is 13.6. The first-order valence-corrected chi connectivity index (χ1v) is 12.9. The number of carbonyl (C=O) groups excluding carboxylic acids is 3.